The zero-order valence-corrected chi connectivity index (χ0v) is 19.9. The molecule has 1 aromatic carbocycles. The van der Waals surface area contributed by atoms with Gasteiger partial charge < -0.3 is 10.5 Å². The number of halogens is 6. The van der Waals surface area contributed by atoms with Gasteiger partial charge in [-0.1, -0.05) is 37.0 Å². The summed E-state index contributed by atoms with van der Waals surface area (Å²) < 4.78 is 52.9. The number of alkyl halides is 3. The molecule has 2 aromatic heterocycles. The Kier molecular flexibility index (Phi) is 9.29. The summed E-state index contributed by atoms with van der Waals surface area (Å²) >= 11 is 12.3. The standard InChI is InChI=1S/C20H21Cl2FN4O.C2HF3O/c1-11(2)9-27-10-14(8-26-27)13-6-17(20(24)25-7-13)28-12(3)18-15(21)4-5-16(23)19(18)22;3-2(4,5)1-6/h4-8,10-12H,9H2,1-3H3,(H2,24,25);1H. The SMILES string of the molecule is CC(C)Cn1cc(-c2cnc(N)c(OC(C)c3c(Cl)ccc(F)c3Cl)c2)cn1.O=CC(F)(F)F. The maximum absolute atomic E-state index is 13.8. The maximum atomic E-state index is 13.8. The van der Waals surface area contributed by atoms with Crippen LogP contribution in [-0.4, -0.2) is 27.2 Å². The molecule has 0 amide bonds. The highest BCUT2D eigenvalue weighted by atomic mass is 35.5. The summed E-state index contributed by atoms with van der Waals surface area (Å²) in [6.45, 7) is 6.79. The van der Waals surface area contributed by atoms with Gasteiger partial charge in [0.2, 0.25) is 6.29 Å². The molecule has 0 saturated carbocycles. The molecular formula is C22H22Cl2F4N4O2. The van der Waals surface area contributed by atoms with Crippen LogP contribution in [0.5, 0.6) is 5.75 Å². The zero-order chi connectivity index (χ0) is 25.6. The molecule has 184 valence electrons. The maximum Gasteiger partial charge on any atom is 0.446 e. The minimum atomic E-state index is -4.64. The number of ether oxygens (including phenoxy) is 1. The van der Waals surface area contributed by atoms with E-state index < -0.39 is 24.4 Å². The Hall–Kier alpha value is -2.85. The number of pyridine rings is 1. The number of aromatic nitrogens is 3. The van der Waals surface area contributed by atoms with Crippen LogP contribution in [0.1, 0.15) is 32.4 Å². The second kappa shape index (κ2) is 11.5. The number of rotatable bonds is 6. The molecule has 0 saturated heterocycles. The van der Waals surface area contributed by atoms with Crippen LogP contribution in [0.2, 0.25) is 10.0 Å². The monoisotopic (exact) mass is 520 g/mol. The second-order valence-corrected chi connectivity index (χ2v) is 8.41. The highest BCUT2D eigenvalue weighted by molar-refractivity contribution is 6.36. The van der Waals surface area contributed by atoms with Crippen LogP contribution in [0.25, 0.3) is 11.1 Å². The van der Waals surface area contributed by atoms with Gasteiger partial charge in [0.25, 0.3) is 0 Å². The summed E-state index contributed by atoms with van der Waals surface area (Å²) in [6.07, 6.45) is -0.957. The summed E-state index contributed by atoms with van der Waals surface area (Å²) in [6, 6.07) is 4.43. The minimum Gasteiger partial charge on any atom is -0.482 e. The average Bonchev–Trinajstić information content (AvgIpc) is 3.20. The van der Waals surface area contributed by atoms with Crippen LogP contribution in [0, 0.1) is 11.7 Å². The number of aldehydes is 1. The molecule has 0 aliphatic rings. The highest BCUT2D eigenvalue weighted by Crippen LogP contribution is 2.36. The van der Waals surface area contributed by atoms with E-state index in [1.807, 2.05) is 10.9 Å². The summed E-state index contributed by atoms with van der Waals surface area (Å²) in [5, 5.41) is 4.61. The van der Waals surface area contributed by atoms with E-state index in [9.17, 15) is 17.6 Å². The number of hydrogen-bond donors (Lipinski definition) is 1. The molecule has 0 aliphatic carbocycles. The van der Waals surface area contributed by atoms with Crippen LogP contribution < -0.4 is 10.5 Å². The smallest absolute Gasteiger partial charge is 0.446 e. The first kappa shape index (κ1) is 27.4. The van der Waals surface area contributed by atoms with E-state index in [0.717, 1.165) is 17.7 Å². The van der Waals surface area contributed by atoms with Crippen molar-refractivity contribution in [1.82, 2.24) is 14.8 Å². The topological polar surface area (TPSA) is 83.0 Å². The molecular weight excluding hydrogens is 499 g/mol. The lowest BCUT2D eigenvalue weighted by Gasteiger charge is -2.19. The second-order valence-electron chi connectivity index (χ2n) is 7.63. The third-order valence-electron chi connectivity index (χ3n) is 4.32. The van der Waals surface area contributed by atoms with Crippen LogP contribution in [0.4, 0.5) is 23.4 Å². The molecule has 1 unspecified atom stereocenters. The van der Waals surface area contributed by atoms with Gasteiger partial charge in [-0.15, -0.1) is 0 Å². The molecule has 6 nitrogen and oxygen atoms in total. The Balaban J connectivity index is 0.000000604. The molecule has 3 aromatic rings. The third kappa shape index (κ3) is 7.59. The van der Waals surface area contributed by atoms with E-state index in [2.05, 4.69) is 23.9 Å². The van der Waals surface area contributed by atoms with Crippen molar-refractivity contribution < 1.29 is 27.1 Å². The Bertz CT molecular complexity index is 1140. The largest absolute Gasteiger partial charge is 0.482 e. The summed E-state index contributed by atoms with van der Waals surface area (Å²) in [5.41, 5.74) is 8.04. The number of nitrogens with zero attached hydrogens (tertiary/aromatic N) is 3. The number of carbonyl (C=O) groups excluding carboxylic acids is 1. The fourth-order valence-corrected chi connectivity index (χ4v) is 3.54. The molecule has 0 spiro atoms. The quantitative estimate of drug-likeness (QED) is 0.227. The van der Waals surface area contributed by atoms with Gasteiger partial charge in [0, 0.05) is 40.7 Å². The number of benzene rings is 1. The predicted molar refractivity (Wildman–Crippen MR) is 122 cm³/mol. The molecule has 1 atom stereocenters. The predicted octanol–water partition coefficient (Wildman–Crippen LogP) is 6.52. The molecule has 0 aliphatic heterocycles. The van der Waals surface area contributed by atoms with E-state index in [4.69, 9.17) is 38.5 Å². The fourth-order valence-electron chi connectivity index (χ4n) is 2.86. The molecule has 0 bridgehead atoms. The van der Waals surface area contributed by atoms with Crippen molar-refractivity contribution in [2.24, 2.45) is 5.92 Å². The van der Waals surface area contributed by atoms with Crippen molar-refractivity contribution in [3.8, 4) is 16.9 Å². The van der Waals surface area contributed by atoms with Crippen LogP contribution in [-0.2, 0) is 11.3 Å². The number of hydrogen-bond acceptors (Lipinski definition) is 5. The third-order valence-corrected chi connectivity index (χ3v) is 5.04. The van der Waals surface area contributed by atoms with Crippen molar-refractivity contribution in [3.05, 3.63) is 58.2 Å². The van der Waals surface area contributed by atoms with Gasteiger partial charge >= 0.3 is 6.18 Å². The Morgan fingerprint density at radius 1 is 1.18 bits per heavy atom. The summed E-state index contributed by atoms with van der Waals surface area (Å²) in [7, 11) is 0. The lowest BCUT2D eigenvalue weighted by molar-refractivity contribution is -0.156. The first-order chi connectivity index (χ1) is 15.8. The van der Waals surface area contributed by atoms with Crippen LogP contribution in [0.3, 0.4) is 0 Å². The molecule has 0 radical (unpaired) electrons. The van der Waals surface area contributed by atoms with Gasteiger partial charge in [-0.3, -0.25) is 9.48 Å². The van der Waals surface area contributed by atoms with Crippen LogP contribution in [0.15, 0.2) is 36.8 Å². The van der Waals surface area contributed by atoms with Gasteiger partial charge in [0.1, 0.15) is 11.9 Å². The average molecular weight is 521 g/mol. The first-order valence-corrected chi connectivity index (χ1v) is 10.7. The molecule has 12 heteroatoms. The van der Waals surface area contributed by atoms with Crippen molar-refractivity contribution in [2.75, 3.05) is 5.73 Å². The number of nitrogen functional groups attached to an aromatic ring is 1. The molecule has 2 N–H and O–H groups in total. The molecule has 2 heterocycles. The van der Waals surface area contributed by atoms with E-state index in [-0.39, 0.29) is 10.8 Å². The normalized spacial score (nSPS) is 12.2. The molecule has 0 fully saturated rings. The lowest BCUT2D eigenvalue weighted by atomic mass is 10.1. The van der Waals surface area contributed by atoms with Crippen molar-refractivity contribution in [1.29, 1.82) is 0 Å². The lowest BCUT2D eigenvalue weighted by Crippen LogP contribution is -2.08. The summed E-state index contributed by atoms with van der Waals surface area (Å²) in [4.78, 5) is 12.9. The number of anilines is 1. The highest BCUT2D eigenvalue weighted by Gasteiger charge is 2.25. The van der Waals surface area contributed by atoms with Crippen LogP contribution >= 0.6 is 23.2 Å². The summed E-state index contributed by atoms with van der Waals surface area (Å²) in [5.74, 6) is 0.499. The minimum absolute atomic E-state index is 0.0716. The number of carbonyl (C=O) groups is 1. The van der Waals surface area contributed by atoms with E-state index in [1.54, 1.807) is 25.4 Å². The van der Waals surface area contributed by atoms with Gasteiger partial charge in [-0.25, -0.2) is 9.37 Å². The van der Waals surface area contributed by atoms with Crippen molar-refractivity contribution >= 4 is 35.3 Å². The molecule has 3 rings (SSSR count). The van der Waals surface area contributed by atoms with E-state index >= 15 is 0 Å². The molecule has 34 heavy (non-hydrogen) atoms. The first-order valence-electron chi connectivity index (χ1n) is 9.93. The Morgan fingerprint density at radius 2 is 1.82 bits per heavy atom. The van der Waals surface area contributed by atoms with E-state index in [1.165, 1.54) is 12.1 Å². The van der Waals surface area contributed by atoms with E-state index in [0.29, 0.717) is 22.3 Å². The van der Waals surface area contributed by atoms with Crippen molar-refractivity contribution in [3.63, 3.8) is 0 Å². The Morgan fingerprint density at radius 3 is 2.41 bits per heavy atom. The van der Waals surface area contributed by atoms with Gasteiger partial charge in [-0.2, -0.15) is 18.3 Å². The van der Waals surface area contributed by atoms with Gasteiger partial charge in [0.05, 0.1) is 11.2 Å². The number of nitrogens with two attached hydrogens (primary N) is 1. The van der Waals surface area contributed by atoms with Gasteiger partial charge in [0.15, 0.2) is 11.6 Å². The zero-order valence-electron chi connectivity index (χ0n) is 18.4. The Labute approximate surface area is 203 Å². The van der Waals surface area contributed by atoms with Crippen molar-refractivity contribution in [2.45, 2.75) is 39.6 Å². The van der Waals surface area contributed by atoms with Gasteiger partial charge in [-0.05, 0) is 31.0 Å². The fraction of sp³-hybridized carbons (Fsp3) is 0.318.